The average molecular weight is 511 g/mol. The molecule has 0 aliphatic heterocycles. The van der Waals surface area contributed by atoms with Crippen LogP contribution in [0.1, 0.15) is 19.4 Å². The Kier molecular flexibility index (Phi) is 8.97. The third-order valence-corrected chi connectivity index (χ3v) is 7.17. The summed E-state index contributed by atoms with van der Waals surface area (Å²) in [4.78, 5) is 12.7. The number of carbonyl (C=O) groups excluding carboxylic acids is 1. The Morgan fingerprint density at radius 3 is 2.28 bits per heavy atom. The van der Waals surface area contributed by atoms with Crippen LogP contribution >= 0.6 is 0 Å². The minimum atomic E-state index is -3.89. The van der Waals surface area contributed by atoms with E-state index in [2.05, 4.69) is 5.32 Å². The Balaban J connectivity index is 1.80. The number of hydrogen-bond donors (Lipinski definition) is 1. The minimum absolute atomic E-state index is 0.0199. The molecule has 0 fully saturated rings. The van der Waals surface area contributed by atoms with Crippen molar-refractivity contribution >= 4 is 33.4 Å². The Morgan fingerprint density at radius 1 is 0.944 bits per heavy atom. The first-order valence-corrected chi connectivity index (χ1v) is 12.8. The standard InChI is InChI=1S/C27H30N2O6S/c1-5-10-20-13-15-25(26(17-20)34-4)35-19-27(30)28-23-18-22(14-16-24(23)33-3)36(31,32)29(6-2)21-11-8-7-9-12-21/h5,7-18H,6,19H2,1-4H3,(H,28,30). The van der Waals surface area contributed by atoms with Gasteiger partial charge in [-0.1, -0.05) is 36.4 Å². The van der Waals surface area contributed by atoms with E-state index in [0.29, 0.717) is 22.9 Å². The zero-order valence-electron chi connectivity index (χ0n) is 20.7. The second kappa shape index (κ2) is 12.1. The van der Waals surface area contributed by atoms with Crippen LogP contribution in [-0.2, 0) is 14.8 Å². The number of para-hydroxylation sites is 1. The fraction of sp³-hybridized carbons (Fsp3) is 0.222. The van der Waals surface area contributed by atoms with Crippen LogP contribution in [0.25, 0.3) is 6.08 Å². The molecule has 0 saturated carbocycles. The van der Waals surface area contributed by atoms with Crippen molar-refractivity contribution in [3.63, 3.8) is 0 Å². The summed E-state index contributed by atoms with van der Waals surface area (Å²) < 4.78 is 44.4. The van der Waals surface area contributed by atoms with Gasteiger partial charge in [-0.25, -0.2) is 8.42 Å². The third kappa shape index (κ3) is 6.17. The Bertz CT molecular complexity index is 1320. The molecule has 0 bridgehead atoms. The molecular formula is C27H30N2O6S. The molecule has 190 valence electrons. The molecule has 1 N–H and O–H groups in total. The summed E-state index contributed by atoms with van der Waals surface area (Å²) in [5, 5.41) is 2.69. The van der Waals surface area contributed by atoms with Gasteiger partial charge >= 0.3 is 0 Å². The SMILES string of the molecule is CC=Cc1ccc(OCC(=O)Nc2cc(S(=O)(=O)N(CC)c3ccccc3)ccc2OC)c(OC)c1. The second-order valence-corrected chi connectivity index (χ2v) is 9.48. The lowest BCUT2D eigenvalue weighted by Gasteiger charge is -2.23. The first-order chi connectivity index (χ1) is 17.3. The van der Waals surface area contributed by atoms with Gasteiger partial charge in [0.1, 0.15) is 5.75 Å². The predicted octanol–water partition coefficient (Wildman–Crippen LogP) is 4.97. The van der Waals surface area contributed by atoms with E-state index in [1.807, 2.05) is 31.2 Å². The number of hydrogen-bond acceptors (Lipinski definition) is 6. The van der Waals surface area contributed by atoms with Gasteiger partial charge in [0.15, 0.2) is 18.1 Å². The first-order valence-electron chi connectivity index (χ1n) is 11.3. The van der Waals surface area contributed by atoms with Gasteiger partial charge in [0.25, 0.3) is 15.9 Å². The molecule has 0 aromatic heterocycles. The van der Waals surface area contributed by atoms with Gasteiger partial charge in [0.05, 0.1) is 30.5 Å². The van der Waals surface area contributed by atoms with Crippen molar-refractivity contribution in [2.75, 3.05) is 37.0 Å². The molecule has 0 unspecified atom stereocenters. The average Bonchev–Trinajstić information content (AvgIpc) is 2.88. The van der Waals surface area contributed by atoms with Gasteiger partial charge in [-0.15, -0.1) is 0 Å². The Hall–Kier alpha value is -3.98. The number of anilines is 2. The van der Waals surface area contributed by atoms with E-state index in [1.54, 1.807) is 43.3 Å². The van der Waals surface area contributed by atoms with E-state index in [-0.39, 0.29) is 23.7 Å². The fourth-order valence-corrected chi connectivity index (χ4v) is 5.09. The van der Waals surface area contributed by atoms with E-state index in [9.17, 15) is 13.2 Å². The quantitative estimate of drug-likeness (QED) is 0.391. The molecule has 0 aliphatic carbocycles. The molecule has 0 spiro atoms. The largest absolute Gasteiger partial charge is 0.495 e. The maximum absolute atomic E-state index is 13.4. The number of allylic oxidation sites excluding steroid dienone is 1. The lowest BCUT2D eigenvalue weighted by molar-refractivity contribution is -0.118. The highest BCUT2D eigenvalue weighted by molar-refractivity contribution is 7.92. The van der Waals surface area contributed by atoms with Crippen LogP contribution < -0.4 is 23.8 Å². The number of amides is 1. The lowest BCUT2D eigenvalue weighted by atomic mass is 10.2. The molecule has 3 aromatic carbocycles. The van der Waals surface area contributed by atoms with Gasteiger partial charge < -0.3 is 19.5 Å². The summed E-state index contributed by atoms with van der Waals surface area (Å²) in [5.74, 6) is 0.728. The number of benzene rings is 3. The lowest BCUT2D eigenvalue weighted by Crippen LogP contribution is -2.30. The predicted molar refractivity (Wildman–Crippen MR) is 141 cm³/mol. The number of nitrogens with zero attached hydrogens (tertiary/aromatic N) is 1. The molecule has 8 nitrogen and oxygen atoms in total. The Morgan fingerprint density at radius 2 is 1.64 bits per heavy atom. The number of nitrogens with one attached hydrogen (secondary N) is 1. The molecule has 0 saturated heterocycles. The molecule has 0 heterocycles. The monoisotopic (exact) mass is 510 g/mol. The summed E-state index contributed by atoms with van der Waals surface area (Å²) in [6, 6.07) is 18.5. The van der Waals surface area contributed by atoms with Crippen molar-refractivity contribution in [2.45, 2.75) is 18.7 Å². The van der Waals surface area contributed by atoms with Gasteiger partial charge in [-0.05, 0) is 61.9 Å². The number of ether oxygens (including phenoxy) is 3. The smallest absolute Gasteiger partial charge is 0.264 e. The summed E-state index contributed by atoms with van der Waals surface area (Å²) in [6.07, 6.45) is 3.83. The molecular weight excluding hydrogens is 480 g/mol. The second-order valence-electron chi connectivity index (χ2n) is 7.61. The first kappa shape index (κ1) is 26.6. The van der Waals surface area contributed by atoms with Crippen LogP contribution in [0, 0.1) is 0 Å². The molecule has 1 amide bonds. The van der Waals surface area contributed by atoms with E-state index in [1.165, 1.54) is 36.7 Å². The van der Waals surface area contributed by atoms with Crippen molar-refractivity contribution in [1.82, 2.24) is 0 Å². The maximum atomic E-state index is 13.4. The number of carbonyl (C=O) groups is 1. The third-order valence-electron chi connectivity index (χ3n) is 5.27. The maximum Gasteiger partial charge on any atom is 0.264 e. The molecule has 9 heteroatoms. The minimum Gasteiger partial charge on any atom is -0.495 e. The van der Waals surface area contributed by atoms with Crippen molar-refractivity contribution in [3.05, 3.63) is 78.4 Å². The van der Waals surface area contributed by atoms with E-state index < -0.39 is 15.9 Å². The summed E-state index contributed by atoms with van der Waals surface area (Å²) in [7, 11) is -0.926. The normalized spacial score (nSPS) is 11.2. The molecule has 3 aromatic rings. The number of methoxy groups -OCH3 is 2. The zero-order valence-corrected chi connectivity index (χ0v) is 21.5. The Labute approximate surface area is 212 Å². The van der Waals surface area contributed by atoms with E-state index >= 15 is 0 Å². The summed E-state index contributed by atoms with van der Waals surface area (Å²) in [6.45, 7) is 3.60. The van der Waals surface area contributed by atoms with Crippen LogP contribution in [0.5, 0.6) is 17.2 Å². The van der Waals surface area contributed by atoms with Crippen LogP contribution in [0.4, 0.5) is 11.4 Å². The van der Waals surface area contributed by atoms with E-state index in [4.69, 9.17) is 14.2 Å². The molecule has 0 aliphatic rings. The molecule has 0 radical (unpaired) electrons. The van der Waals surface area contributed by atoms with Crippen molar-refractivity contribution in [1.29, 1.82) is 0 Å². The zero-order chi connectivity index (χ0) is 26.1. The summed E-state index contributed by atoms with van der Waals surface area (Å²) >= 11 is 0. The topological polar surface area (TPSA) is 94.2 Å². The fourth-order valence-electron chi connectivity index (χ4n) is 3.59. The van der Waals surface area contributed by atoms with Crippen molar-refractivity contribution in [2.24, 2.45) is 0 Å². The van der Waals surface area contributed by atoms with Crippen LogP contribution in [0.15, 0.2) is 77.7 Å². The van der Waals surface area contributed by atoms with Crippen LogP contribution in [0.2, 0.25) is 0 Å². The van der Waals surface area contributed by atoms with E-state index in [0.717, 1.165) is 5.56 Å². The van der Waals surface area contributed by atoms with Gasteiger partial charge in [0.2, 0.25) is 0 Å². The van der Waals surface area contributed by atoms with Gasteiger partial charge in [-0.2, -0.15) is 0 Å². The highest BCUT2D eigenvalue weighted by Gasteiger charge is 2.25. The highest BCUT2D eigenvalue weighted by Crippen LogP contribution is 2.31. The van der Waals surface area contributed by atoms with Crippen LogP contribution in [-0.4, -0.2) is 41.7 Å². The highest BCUT2D eigenvalue weighted by atomic mass is 32.2. The van der Waals surface area contributed by atoms with Crippen LogP contribution in [0.3, 0.4) is 0 Å². The molecule has 3 rings (SSSR count). The van der Waals surface area contributed by atoms with Gasteiger partial charge in [-0.3, -0.25) is 9.10 Å². The van der Waals surface area contributed by atoms with Gasteiger partial charge in [0, 0.05) is 6.54 Å². The number of sulfonamides is 1. The molecule has 0 atom stereocenters. The molecule has 36 heavy (non-hydrogen) atoms. The number of rotatable bonds is 11. The van der Waals surface area contributed by atoms with Crippen molar-refractivity contribution < 1.29 is 27.4 Å². The van der Waals surface area contributed by atoms with Crippen molar-refractivity contribution in [3.8, 4) is 17.2 Å². The summed E-state index contributed by atoms with van der Waals surface area (Å²) in [5.41, 5.74) is 1.70.